The second-order valence-electron chi connectivity index (χ2n) is 6.87. The van der Waals surface area contributed by atoms with Gasteiger partial charge >= 0.3 is 0 Å². The number of fused-ring (bicyclic) bond motifs is 1. The zero-order valence-corrected chi connectivity index (χ0v) is 14.4. The molecule has 4 rings (SSSR count). The van der Waals surface area contributed by atoms with Gasteiger partial charge in [-0.05, 0) is 50.3 Å². The van der Waals surface area contributed by atoms with Crippen LogP contribution in [0.3, 0.4) is 0 Å². The van der Waals surface area contributed by atoms with E-state index in [0.29, 0.717) is 29.2 Å². The van der Waals surface area contributed by atoms with Gasteiger partial charge in [0.25, 0.3) is 6.43 Å². The van der Waals surface area contributed by atoms with Gasteiger partial charge in [-0.1, -0.05) is 12.1 Å². The number of hydrogen-bond acceptors (Lipinski definition) is 4. The summed E-state index contributed by atoms with van der Waals surface area (Å²) in [5.41, 5.74) is 7.55. The summed E-state index contributed by atoms with van der Waals surface area (Å²) in [4.78, 5) is 8.83. The molecule has 0 aliphatic heterocycles. The number of nitrogens with zero attached hydrogens (tertiary/aromatic N) is 4. The van der Waals surface area contributed by atoms with Crippen LogP contribution in [0.25, 0.3) is 22.3 Å². The van der Waals surface area contributed by atoms with E-state index in [2.05, 4.69) is 15.1 Å². The number of alkyl halides is 2. The minimum absolute atomic E-state index is 0.178. The Balaban J connectivity index is 1.62. The quantitative estimate of drug-likeness (QED) is 0.720. The molecule has 2 aromatic heterocycles. The van der Waals surface area contributed by atoms with Crippen molar-refractivity contribution in [2.24, 2.45) is 11.7 Å². The summed E-state index contributed by atoms with van der Waals surface area (Å²) in [6.45, 7) is 0.698. The molecule has 1 aromatic carbocycles. The van der Waals surface area contributed by atoms with Crippen molar-refractivity contribution in [1.82, 2.24) is 19.7 Å². The normalized spacial score (nSPS) is 19.8. The average Bonchev–Trinajstić information content (AvgIpc) is 3.05. The Labute approximate surface area is 150 Å². The lowest BCUT2D eigenvalue weighted by atomic mass is 9.77. The van der Waals surface area contributed by atoms with Crippen molar-refractivity contribution in [3.63, 3.8) is 0 Å². The lowest BCUT2D eigenvalue weighted by molar-refractivity contribution is 0.138. The largest absolute Gasteiger partial charge is 0.330 e. The first-order chi connectivity index (χ1) is 12.7. The third-order valence-electron chi connectivity index (χ3n) is 5.09. The lowest BCUT2D eigenvalue weighted by Crippen LogP contribution is -2.27. The Morgan fingerprint density at radius 3 is 2.69 bits per heavy atom. The molecule has 0 spiro atoms. The first kappa shape index (κ1) is 17.0. The highest BCUT2D eigenvalue weighted by Gasteiger charge is 2.32. The molecule has 0 radical (unpaired) electrons. The van der Waals surface area contributed by atoms with E-state index in [0.717, 1.165) is 31.2 Å². The van der Waals surface area contributed by atoms with Gasteiger partial charge in [-0.2, -0.15) is 5.10 Å². The summed E-state index contributed by atoms with van der Waals surface area (Å²) in [5, 5.41) is 4.18. The van der Waals surface area contributed by atoms with E-state index < -0.39 is 6.43 Å². The van der Waals surface area contributed by atoms with Crippen molar-refractivity contribution < 1.29 is 8.78 Å². The maximum absolute atomic E-state index is 13.5. The Morgan fingerprint density at radius 1 is 1.19 bits per heavy atom. The van der Waals surface area contributed by atoms with Crippen LogP contribution >= 0.6 is 0 Å². The highest BCUT2D eigenvalue weighted by atomic mass is 19.3. The SMILES string of the molecule is NCCCC1CC(n2cc(-c3cnc4ccccc4n3)c(C(F)F)n2)C1. The molecule has 0 atom stereocenters. The van der Waals surface area contributed by atoms with Gasteiger partial charge in [0.1, 0.15) is 5.69 Å². The first-order valence-corrected chi connectivity index (χ1v) is 8.95. The van der Waals surface area contributed by atoms with E-state index in [9.17, 15) is 8.78 Å². The van der Waals surface area contributed by atoms with E-state index in [-0.39, 0.29) is 11.7 Å². The van der Waals surface area contributed by atoms with Gasteiger partial charge in [-0.15, -0.1) is 0 Å². The molecule has 0 unspecified atom stereocenters. The molecular formula is C19H21F2N5. The monoisotopic (exact) mass is 357 g/mol. The standard InChI is InChI=1S/C19H21F2N5/c20-19(21)18-14(17-10-23-15-5-1-2-6-16(15)24-17)11-26(25-18)13-8-12(9-13)4-3-7-22/h1-2,5-6,10-13,19H,3-4,7-9,22H2. The molecule has 2 N–H and O–H groups in total. The first-order valence-electron chi connectivity index (χ1n) is 8.95. The van der Waals surface area contributed by atoms with Crippen LogP contribution in [-0.4, -0.2) is 26.3 Å². The maximum atomic E-state index is 13.5. The molecule has 1 saturated carbocycles. The zero-order valence-electron chi connectivity index (χ0n) is 14.4. The van der Waals surface area contributed by atoms with Crippen LogP contribution < -0.4 is 5.73 Å². The van der Waals surface area contributed by atoms with Crippen LogP contribution in [0.4, 0.5) is 8.78 Å². The van der Waals surface area contributed by atoms with Crippen LogP contribution in [0.2, 0.25) is 0 Å². The summed E-state index contributed by atoms with van der Waals surface area (Å²) >= 11 is 0. The van der Waals surface area contributed by atoms with Crippen molar-refractivity contribution >= 4 is 11.0 Å². The van der Waals surface area contributed by atoms with Crippen molar-refractivity contribution in [3.05, 3.63) is 42.4 Å². The van der Waals surface area contributed by atoms with Crippen LogP contribution in [0, 0.1) is 5.92 Å². The summed E-state index contributed by atoms with van der Waals surface area (Å²) in [6.07, 6.45) is 4.63. The van der Waals surface area contributed by atoms with Crippen LogP contribution in [0.15, 0.2) is 36.7 Å². The fourth-order valence-corrected chi connectivity index (χ4v) is 3.60. The van der Waals surface area contributed by atoms with Crippen LogP contribution in [0.5, 0.6) is 0 Å². The molecule has 1 aliphatic rings. The van der Waals surface area contributed by atoms with Crippen molar-refractivity contribution in [1.29, 1.82) is 0 Å². The molecule has 3 aromatic rings. The van der Waals surface area contributed by atoms with Crippen LogP contribution in [0.1, 0.15) is 43.8 Å². The fourth-order valence-electron chi connectivity index (χ4n) is 3.60. The van der Waals surface area contributed by atoms with E-state index in [1.807, 2.05) is 24.3 Å². The second-order valence-corrected chi connectivity index (χ2v) is 6.87. The molecule has 1 fully saturated rings. The van der Waals surface area contributed by atoms with Gasteiger partial charge in [0.2, 0.25) is 0 Å². The summed E-state index contributed by atoms with van der Waals surface area (Å²) in [7, 11) is 0. The molecular weight excluding hydrogens is 336 g/mol. The van der Waals surface area contributed by atoms with Gasteiger partial charge < -0.3 is 5.73 Å². The Morgan fingerprint density at radius 2 is 1.96 bits per heavy atom. The molecule has 7 heteroatoms. The molecule has 136 valence electrons. The number of halogens is 2. The topological polar surface area (TPSA) is 69.6 Å². The van der Waals surface area contributed by atoms with E-state index in [1.54, 1.807) is 17.1 Å². The molecule has 1 aliphatic carbocycles. The average molecular weight is 357 g/mol. The fraction of sp³-hybridized carbons (Fsp3) is 0.421. The van der Waals surface area contributed by atoms with Gasteiger partial charge in [0, 0.05) is 11.8 Å². The predicted octanol–water partition coefficient (Wildman–Crippen LogP) is 4.12. The number of para-hydroxylation sites is 2. The van der Waals surface area contributed by atoms with Crippen LogP contribution in [-0.2, 0) is 0 Å². The maximum Gasteiger partial charge on any atom is 0.282 e. The van der Waals surface area contributed by atoms with E-state index in [4.69, 9.17) is 5.73 Å². The van der Waals surface area contributed by atoms with E-state index >= 15 is 0 Å². The number of nitrogens with two attached hydrogens (primary N) is 1. The lowest BCUT2D eigenvalue weighted by Gasteiger charge is -2.35. The predicted molar refractivity (Wildman–Crippen MR) is 95.8 cm³/mol. The highest BCUT2D eigenvalue weighted by molar-refractivity contribution is 5.77. The molecule has 0 bridgehead atoms. The smallest absolute Gasteiger partial charge is 0.282 e. The Kier molecular flexibility index (Phi) is 4.63. The van der Waals surface area contributed by atoms with Crippen molar-refractivity contribution in [2.75, 3.05) is 6.54 Å². The van der Waals surface area contributed by atoms with Gasteiger partial charge in [0.05, 0.1) is 29.0 Å². The highest BCUT2D eigenvalue weighted by Crippen LogP contribution is 2.41. The number of benzene rings is 1. The third-order valence-corrected chi connectivity index (χ3v) is 5.09. The molecule has 26 heavy (non-hydrogen) atoms. The van der Waals surface area contributed by atoms with Gasteiger partial charge in [-0.25, -0.2) is 13.8 Å². The molecule has 0 amide bonds. The summed E-state index contributed by atoms with van der Waals surface area (Å²) in [5.74, 6) is 0.617. The minimum Gasteiger partial charge on any atom is -0.330 e. The number of aromatic nitrogens is 4. The van der Waals surface area contributed by atoms with Gasteiger partial charge in [0.15, 0.2) is 0 Å². The third kappa shape index (κ3) is 3.19. The Bertz CT molecular complexity index is 902. The molecule has 2 heterocycles. The zero-order chi connectivity index (χ0) is 18.1. The van der Waals surface area contributed by atoms with Gasteiger partial charge in [-0.3, -0.25) is 9.67 Å². The molecule has 0 saturated heterocycles. The van der Waals surface area contributed by atoms with Crippen molar-refractivity contribution in [3.8, 4) is 11.3 Å². The van der Waals surface area contributed by atoms with Crippen molar-refractivity contribution in [2.45, 2.75) is 38.2 Å². The minimum atomic E-state index is -2.65. The summed E-state index contributed by atoms with van der Waals surface area (Å²) in [6, 6.07) is 7.58. The molecule has 5 nitrogen and oxygen atoms in total. The number of rotatable bonds is 6. The second kappa shape index (κ2) is 7.07. The Hall–Kier alpha value is -2.41. The number of hydrogen-bond donors (Lipinski definition) is 1. The summed E-state index contributed by atoms with van der Waals surface area (Å²) < 4.78 is 28.7. The van der Waals surface area contributed by atoms with E-state index in [1.165, 1.54) is 0 Å².